The number of amides is 2. The van der Waals surface area contributed by atoms with Crippen LogP contribution in [0.5, 0.6) is 0 Å². The Bertz CT molecular complexity index is 457. The fraction of sp³-hybridized carbons (Fsp3) is 0.882. The number of rotatable bonds is 6. The van der Waals surface area contributed by atoms with Gasteiger partial charge in [0.25, 0.3) is 0 Å². The fourth-order valence-corrected chi connectivity index (χ4v) is 3.56. The highest BCUT2D eigenvalue weighted by atomic mass is 16.5. The third-order valence-electron chi connectivity index (χ3n) is 4.91. The summed E-state index contributed by atoms with van der Waals surface area (Å²) in [7, 11) is 0. The molecular weight excluding hydrogens is 310 g/mol. The normalized spacial score (nSPS) is 26.8. The number of likely N-dealkylation sites (tertiary alicyclic amines) is 1. The van der Waals surface area contributed by atoms with Crippen LogP contribution in [0.15, 0.2) is 0 Å². The number of hydrogen-bond acceptors (Lipinski definition) is 5. The Balaban J connectivity index is 2.00. The minimum absolute atomic E-state index is 0.143. The number of nitrogens with one attached hydrogen (secondary N) is 1. The number of carbonyl (C=O) groups is 2. The van der Waals surface area contributed by atoms with Crippen molar-refractivity contribution in [1.82, 2.24) is 10.2 Å². The molecule has 7 nitrogen and oxygen atoms in total. The summed E-state index contributed by atoms with van der Waals surface area (Å²) in [6.07, 6.45) is 4.28. The van der Waals surface area contributed by atoms with E-state index in [0.717, 1.165) is 12.8 Å². The van der Waals surface area contributed by atoms with E-state index in [9.17, 15) is 14.7 Å². The van der Waals surface area contributed by atoms with Crippen molar-refractivity contribution in [3.05, 3.63) is 0 Å². The van der Waals surface area contributed by atoms with E-state index in [2.05, 4.69) is 5.32 Å². The lowest BCUT2D eigenvalue weighted by atomic mass is 9.85. The van der Waals surface area contributed by atoms with Gasteiger partial charge in [-0.2, -0.15) is 0 Å². The molecule has 1 aliphatic heterocycles. The van der Waals surface area contributed by atoms with Gasteiger partial charge in [0.1, 0.15) is 6.04 Å². The lowest BCUT2D eigenvalue weighted by molar-refractivity contribution is -0.142. The average molecular weight is 341 g/mol. The molecule has 1 heterocycles. The molecule has 7 heteroatoms. The number of nitrogens with two attached hydrogens (primary N) is 1. The van der Waals surface area contributed by atoms with Crippen LogP contribution in [-0.4, -0.2) is 59.4 Å². The van der Waals surface area contributed by atoms with Gasteiger partial charge in [-0.05, 0) is 18.3 Å². The molecule has 0 unspecified atom stereocenters. The van der Waals surface area contributed by atoms with Crippen LogP contribution in [0.2, 0.25) is 0 Å². The number of aliphatic hydroxyl groups excluding tert-OH is 1. The van der Waals surface area contributed by atoms with E-state index in [-0.39, 0.29) is 30.4 Å². The second-order valence-corrected chi connectivity index (χ2v) is 8.02. The number of nitrogens with zero attached hydrogens (tertiary/aromatic N) is 1. The molecule has 2 rings (SSSR count). The van der Waals surface area contributed by atoms with E-state index in [1.165, 1.54) is 17.7 Å². The minimum Gasteiger partial charge on any atom is -0.391 e. The third-order valence-corrected chi connectivity index (χ3v) is 4.91. The first kappa shape index (κ1) is 19.1. The molecule has 2 aliphatic rings. The summed E-state index contributed by atoms with van der Waals surface area (Å²) in [5.74, 6) is -0.785. The second kappa shape index (κ2) is 7.80. The molecule has 1 saturated heterocycles. The van der Waals surface area contributed by atoms with Crippen LogP contribution in [0.25, 0.3) is 0 Å². The monoisotopic (exact) mass is 341 g/mol. The molecular formula is C17H31N3O4. The standard InChI is InChI=1S/C17H31N3O4/c1-17(2,3)14(19-10-24-12-6-4-5-7-12)16(23)20-9-11(21)8-13(20)15(18)22/h11-14,19,21H,4-10H2,1-3H3,(H2,18,22)/t11-,13-,14+/m0/s1. The van der Waals surface area contributed by atoms with Crippen molar-refractivity contribution >= 4 is 11.8 Å². The molecule has 0 aromatic heterocycles. The van der Waals surface area contributed by atoms with Gasteiger partial charge in [-0.3, -0.25) is 14.9 Å². The van der Waals surface area contributed by atoms with Crippen molar-refractivity contribution in [1.29, 1.82) is 0 Å². The number of aliphatic hydroxyl groups is 1. The molecule has 3 atom stereocenters. The van der Waals surface area contributed by atoms with Crippen molar-refractivity contribution in [2.45, 2.75) is 77.2 Å². The number of primary amides is 1. The Morgan fingerprint density at radius 2 is 1.96 bits per heavy atom. The van der Waals surface area contributed by atoms with Gasteiger partial charge in [-0.15, -0.1) is 0 Å². The number of β-amino-alcohol motifs (C(OH)–C–C–N with tert-alkyl or cyclic N) is 1. The summed E-state index contributed by atoms with van der Waals surface area (Å²) in [6, 6.07) is -1.25. The summed E-state index contributed by atoms with van der Waals surface area (Å²) in [4.78, 5) is 26.0. The lowest BCUT2D eigenvalue weighted by Gasteiger charge is -2.35. The van der Waals surface area contributed by atoms with Crippen molar-refractivity contribution < 1.29 is 19.4 Å². The Morgan fingerprint density at radius 3 is 2.50 bits per heavy atom. The molecule has 0 spiro atoms. The van der Waals surface area contributed by atoms with E-state index in [0.29, 0.717) is 6.73 Å². The maximum Gasteiger partial charge on any atom is 0.241 e. The van der Waals surface area contributed by atoms with Crippen LogP contribution in [0.1, 0.15) is 52.9 Å². The van der Waals surface area contributed by atoms with E-state index in [4.69, 9.17) is 10.5 Å². The zero-order valence-electron chi connectivity index (χ0n) is 15.0. The predicted molar refractivity (Wildman–Crippen MR) is 89.9 cm³/mol. The van der Waals surface area contributed by atoms with Crippen LogP contribution in [0.3, 0.4) is 0 Å². The number of hydrogen-bond donors (Lipinski definition) is 3. The van der Waals surface area contributed by atoms with Crippen molar-refractivity contribution in [3.8, 4) is 0 Å². The molecule has 4 N–H and O–H groups in total. The topological polar surface area (TPSA) is 105 Å². The van der Waals surface area contributed by atoms with Crippen molar-refractivity contribution in [2.75, 3.05) is 13.3 Å². The molecule has 0 bridgehead atoms. The van der Waals surface area contributed by atoms with Gasteiger partial charge in [0.2, 0.25) is 11.8 Å². The molecule has 1 aliphatic carbocycles. The Hall–Kier alpha value is -1.18. The number of ether oxygens (including phenoxy) is 1. The first-order valence-corrected chi connectivity index (χ1v) is 8.83. The van der Waals surface area contributed by atoms with Gasteiger partial charge in [-0.1, -0.05) is 33.6 Å². The van der Waals surface area contributed by atoms with Gasteiger partial charge in [0.05, 0.1) is 25.0 Å². The van der Waals surface area contributed by atoms with Crippen LogP contribution in [-0.2, 0) is 14.3 Å². The van der Waals surface area contributed by atoms with E-state index in [1.807, 2.05) is 20.8 Å². The smallest absolute Gasteiger partial charge is 0.241 e. The van der Waals surface area contributed by atoms with E-state index in [1.54, 1.807) is 0 Å². The Labute approximate surface area is 143 Å². The molecule has 24 heavy (non-hydrogen) atoms. The average Bonchev–Trinajstić information content (AvgIpc) is 3.10. The first-order valence-electron chi connectivity index (χ1n) is 8.83. The molecule has 0 aromatic carbocycles. The summed E-state index contributed by atoms with van der Waals surface area (Å²) in [5.41, 5.74) is 5.04. The zero-order valence-corrected chi connectivity index (χ0v) is 15.0. The van der Waals surface area contributed by atoms with Crippen LogP contribution in [0, 0.1) is 5.41 Å². The second-order valence-electron chi connectivity index (χ2n) is 8.02. The summed E-state index contributed by atoms with van der Waals surface area (Å²) in [6.45, 7) is 6.33. The van der Waals surface area contributed by atoms with Crippen LogP contribution >= 0.6 is 0 Å². The summed E-state index contributed by atoms with van der Waals surface area (Å²) < 4.78 is 5.81. The molecule has 0 radical (unpaired) electrons. The third kappa shape index (κ3) is 4.68. The molecule has 2 fully saturated rings. The minimum atomic E-state index is -0.741. The zero-order chi connectivity index (χ0) is 17.9. The first-order chi connectivity index (χ1) is 11.2. The van der Waals surface area contributed by atoms with Crippen LogP contribution in [0.4, 0.5) is 0 Å². The fourth-order valence-electron chi connectivity index (χ4n) is 3.56. The van der Waals surface area contributed by atoms with E-state index < -0.39 is 24.1 Å². The molecule has 0 aromatic rings. The number of carbonyl (C=O) groups excluding carboxylic acids is 2. The largest absolute Gasteiger partial charge is 0.391 e. The summed E-state index contributed by atoms with van der Waals surface area (Å²) >= 11 is 0. The Kier molecular flexibility index (Phi) is 6.22. The highest BCUT2D eigenvalue weighted by Gasteiger charge is 2.43. The predicted octanol–water partition coefficient (Wildman–Crippen LogP) is 0.355. The van der Waals surface area contributed by atoms with Gasteiger partial charge >= 0.3 is 0 Å². The quantitative estimate of drug-likeness (QED) is 0.605. The van der Waals surface area contributed by atoms with Crippen LogP contribution < -0.4 is 11.1 Å². The maximum atomic E-state index is 13.0. The lowest BCUT2D eigenvalue weighted by Crippen LogP contribution is -2.56. The van der Waals surface area contributed by atoms with E-state index >= 15 is 0 Å². The van der Waals surface area contributed by atoms with Gasteiger partial charge in [0.15, 0.2) is 0 Å². The molecule has 2 amide bonds. The highest BCUT2D eigenvalue weighted by molar-refractivity contribution is 5.90. The summed E-state index contributed by atoms with van der Waals surface area (Å²) in [5, 5.41) is 13.0. The maximum absolute atomic E-state index is 13.0. The highest BCUT2D eigenvalue weighted by Crippen LogP contribution is 2.26. The van der Waals surface area contributed by atoms with Crippen molar-refractivity contribution in [2.24, 2.45) is 11.1 Å². The molecule has 1 saturated carbocycles. The van der Waals surface area contributed by atoms with Crippen molar-refractivity contribution in [3.63, 3.8) is 0 Å². The molecule has 138 valence electrons. The van der Waals surface area contributed by atoms with Gasteiger partial charge in [0, 0.05) is 13.0 Å². The Morgan fingerprint density at radius 1 is 1.33 bits per heavy atom. The SMILES string of the molecule is CC(C)(C)[C@H](NCOC1CCCC1)C(=O)N1C[C@@H](O)C[C@H]1C(N)=O. The van der Waals surface area contributed by atoms with Gasteiger partial charge in [-0.25, -0.2) is 0 Å². The van der Waals surface area contributed by atoms with Gasteiger partial charge < -0.3 is 20.5 Å².